The fourth-order valence-corrected chi connectivity index (χ4v) is 6.62. The number of hydrogen-bond acceptors (Lipinski definition) is 3. The Morgan fingerprint density at radius 3 is 1.81 bits per heavy atom. The zero-order valence-corrected chi connectivity index (χ0v) is 18.9. The second-order valence-electron chi connectivity index (χ2n) is 11.7. The first-order chi connectivity index (χ1) is 12.3. The first kappa shape index (κ1) is 23.2. The molecule has 3 nitrogen and oxygen atoms in total. The molecule has 2 rings (SSSR count). The molecule has 0 heterocycles. The van der Waals surface area contributed by atoms with Gasteiger partial charge in [-0.15, -0.1) is 0 Å². The maximum atomic E-state index is 10.6. The van der Waals surface area contributed by atoms with Crippen LogP contribution in [0.15, 0.2) is 0 Å². The summed E-state index contributed by atoms with van der Waals surface area (Å²) < 4.78 is 0. The van der Waals surface area contributed by atoms with E-state index in [0.717, 1.165) is 57.8 Å². The largest absolute Gasteiger partial charge is 0.393 e. The Morgan fingerprint density at radius 2 is 1.33 bits per heavy atom. The van der Waals surface area contributed by atoms with E-state index in [1.807, 2.05) is 27.7 Å². The third kappa shape index (κ3) is 5.93. The molecule has 0 aromatic carbocycles. The van der Waals surface area contributed by atoms with E-state index < -0.39 is 11.2 Å². The van der Waals surface area contributed by atoms with Gasteiger partial charge in [0.2, 0.25) is 0 Å². The van der Waals surface area contributed by atoms with E-state index in [-0.39, 0.29) is 16.9 Å². The van der Waals surface area contributed by atoms with Crippen LogP contribution in [0.3, 0.4) is 0 Å². The molecule has 0 spiro atoms. The van der Waals surface area contributed by atoms with Crippen molar-refractivity contribution in [3.05, 3.63) is 0 Å². The minimum atomic E-state index is -0.600. The summed E-state index contributed by atoms with van der Waals surface area (Å²) in [5, 5.41) is 31.0. The van der Waals surface area contributed by atoms with E-state index in [0.29, 0.717) is 11.8 Å². The molecular weight excluding hydrogens is 336 g/mol. The van der Waals surface area contributed by atoms with E-state index in [2.05, 4.69) is 13.8 Å². The summed E-state index contributed by atoms with van der Waals surface area (Å²) in [6.45, 7) is 12.5. The van der Waals surface area contributed by atoms with Gasteiger partial charge in [0.25, 0.3) is 0 Å². The average molecular weight is 383 g/mol. The van der Waals surface area contributed by atoms with Crippen LogP contribution in [0.1, 0.15) is 112 Å². The molecule has 0 aromatic heterocycles. The van der Waals surface area contributed by atoms with Crippen molar-refractivity contribution in [2.24, 2.45) is 22.7 Å². The van der Waals surface area contributed by atoms with E-state index >= 15 is 0 Å². The van der Waals surface area contributed by atoms with Gasteiger partial charge in [0, 0.05) is 0 Å². The highest BCUT2D eigenvalue weighted by Gasteiger charge is 2.55. The van der Waals surface area contributed by atoms with Crippen molar-refractivity contribution < 1.29 is 15.3 Å². The first-order valence-corrected chi connectivity index (χ1v) is 11.4. The summed E-state index contributed by atoms with van der Waals surface area (Å²) in [5.74, 6) is 1.09. The van der Waals surface area contributed by atoms with Gasteiger partial charge in [-0.2, -0.15) is 0 Å². The van der Waals surface area contributed by atoms with Gasteiger partial charge in [0.05, 0.1) is 17.3 Å². The van der Waals surface area contributed by atoms with Crippen LogP contribution >= 0.6 is 0 Å². The third-order valence-electron chi connectivity index (χ3n) is 8.00. The van der Waals surface area contributed by atoms with Crippen LogP contribution in [0.2, 0.25) is 0 Å². The molecule has 0 radical (unpaired) electrons. The standard InChI is InChI=1S/C24H46O3/c1-21(2,26)13-8-15-23(5,16-9-14-22(3,4)27)20-12-11-18-19(25)10-7-17-24(18,20)6/h18-20,25-27H,7-17H2,1-6H3/t18-,19-,20+,24-/m0/s1. The number of aliphatic hydroxyl groups is 3. The summed E-state index contributed by atoms with van der Waals surface area (Å²) in [4.78, 5) is 0. The second kappa shape index (κ2) is 8.32. The molecule has 0 amide bonds. The van der Waals surface area contributed by atoms with Crippen LogP contribution in [0.5, 0.6) is 0 Å². The summed E-state index contributed by atoms with van der Waals surface area (Å²) in [6, 6.07) is 0. The van der Waals surface area contributed by atoms with Gasteiger partial charge < -0.3 is 15.3 Å². The van der Waals surface area contributed by atoms with Gasteiger partial charge >= 0.3 is 0 Å². The van der Waals surface area contributed by atoms with Crippen molar-refractivity contribution in [3.8, 4) is 0 Å². The molecule has 3 N–H and O–H groups in total. The zero-order chi connectivity index (χ0) is 20.5. The summed E-state index contributed by atoms with van der Waals surface area (Å²) in [6.07, 6.45) is 11.6. The minimum Gasteiger partial charge on any atom is -0.393 e. The van der Waals surface area contributed by atoms with Gasteiger partial charge in [-0.25, -0.2) is 0 Å². The van der Waals surface area contributed by atoms with Crippen molar-refractivity contribution in [3.63, 3.8) is 0 Å². The lowest BCUT2D eigenvalue weighted by molar-refractivity contribution is -0.0543. The Bertz CT molecular complexity index is 453. The van der Waals surface area contributed by atoms with E-state index in [1.54, 1.807) is 0 Å². The van der Waals surface area contributed by atoms with Crippen molar-refractivity contribution >= 4 is 0 Å². The van der Waals surface area contributed by atoms with Crippen LogP contribution in [-0.4, -0.2) is 32.6 Å². The van der Waals surface area contributed by atoms with Gasteiger partial charge in [-0.05, 0) is 102 Å². The van der Waals surface area contributed by atoms with Gasteiger partial charge in [-0.1, -0.05) is 33.1 Å². The van der Waals surface area contributed by atoms with Crippen LogP contribution in [-0.2, 0) is 0 Å². The molecule has 2 aliphatic carbocycles. The maximum Gasteiger partial charge on any atom is 0.0591 e. The predicted molar refractivity (Wildman–Crippen MR) is 113 cm³/mol. The fourth-order valence-electron chi connectivity index (χ4n) is 6.62. The summed E-state index contributed by atoms with van der Waals surface area (Å²) in [5.41, 5.74) is -0.735. The lowest BCUT2D eigenvalue weighted by Gasteiger charge is -2.50. The highest BCUT2D eigenvalue weighted by atomic mass is 16.3. The van der Waals surface area contributed by atoms with E-state index in [1.165, 1.54) is 12.8 Å². The molecule has 4 atom stereocenters. The van der Waals surface area contributed by atoms with Crippen LogP contribution < -0.4 is 0 Å². The third-order valence-corrected chi connectivity index (χ3v) is 8.00. The van der Waals surface area contributed by atoms with Crippen molar-refractivity contribution in [2.75, 3.05) is 0 Å². The first-order valence-electron chi connectivity index (χ1n) is 11.4. The minimum absolute atomic E-state index is 0.120. The topological polar surface area (TPSA) is 60.7 Å². The molecule has 0 aliphatic heterocycles. The van der Waals surface area contributed by atoms with E-state index in [4.69, 9.17) is 0 Å². The highest BCUT2D eigenvalue weighted by molar-refractivity contribution is 5.05. The van der Waals surface area contributed by atoms with Gasteiger partial charge in [0.1, 0.15) is 0 Å². The Balaban J connectivity index is 2.15. The number of rotatable bonds is 9. The lowest BCUT2D eigenvalue weighted by Crippen LogP contribution is -2.45. The maximum absolute atomic E-state index is 10.6. The molecule has 0 unspecified atom stereocenters. The molecule has 160 valence electrons. The molecule has 0 aromatic rings. The molecular formula is C24H46O3. The molecule has 2 aliphatic rings. The molecule has 0 saturated heterocycles. The smallest absolute Gasteiger partial charge is 0.0591 e. The van der Waals surface area contributed by atoms with Crippen molar-refractivity contribution in [2.45, 2.75) is 129 Å². The Kier molecular flexibility index (Phi) is 7.14. The second-order valence-corrected chi connectivity index (χ2v) is 11.7. The predicted octanol–water partition coefficient (Wildman–Crippen LogP) is 5.45. The Hall–Kier alpha value is -0.120. The normalized spacial score (nSPS) is 32.6. The Morgan fingerprint density at radius 1 is 0.815 bits per heavy atom. The molecule has 27 heavy (non-hydrogen) atoms. The zero-order valence-electron chi connectivity index (χ0n) is 18.9. The lowest BCUT2D eigenvalue weighted by atomic mass is 9.55. The van der Waals surface area contributed by atoms with Gasteiger partial charge in [0.15, 0.2) is 0 Å². The quantitative estimate of drug-likeness (QED) is 0.497. The fraction of sp³-hybridized carbons (Fsp3) is 1.00. The van der Waals surface area contributed by atoms with Crippen LogP contribution in [0.4, 0.5) is 0 Å². The summed E-state index contributed by atoms with van der Waals surface area (Å²) in [7, 11) is 0. The molecule has 2 fully saturated rings. The van der Waals surface area contributed by atoms with Gasteiger partial charge in [-0.3, -0.25) is 0 Å². The number of aliphatic hydroxyl groups excluding tert-OH is 1. The number of fused-ring (bicyclic) bond motifs is 1. The van der Waals surface area contributed by atoms with Crippen molar-refractivity contribution in [1.29, 1.82) is 0 Å². The number of hydrogen-bond donors (Lipinski definition) is 3. The van der Waals surface area contributed by atoms with E-state index in [9.17, 15) is 15.3 Å². The Labute approximate surface area is 168 Å². The molecule has 2 saturated carbocycles. The average Bonchev–Trinajstić information content (AvgIpc) is 2.83. The van der Waals surface area contributed by atoms with Crippen molar-refractivity contribution in [1.82, 2.24) is 0 Å². The highest BCUT2D eigenvalue weighted by Crippen LogP contribution is 2.62. The molecule has 0 bridgehead atoms. The monoisotopic (exact) mass is 382 g/mol. The summed E-state index contributed by atoms with van der Waals surface area (Å²) >= 11 is 0. The van der Waals surface area contributed by atoms with Crippen LogP contribution in [0, 0.1) is 22.7 Å². The van der Waals surface area contributed by atoms with Crippen LogP contribution in [0.25, 0.3) is 0 Å². The molecule has 3 heteroatoms. The SMILES string of the molecule is CC(C)(O)CCCC(C)(CCCC(C)(C)O)[C@H]1CC[C@H]2[C@@H](O)CCC[C@]12C.